The van der Waals surface area contributed by atoms with Gasteiger partial charge in [0.2, 0.25) is 5.91 Å². The average molecular weight is 322 g/mol. The van der Waals surface area contributed by atoms with Crippen LogP contribution in [0.4, 0.5) is 5.69 Å². The fourth-order valence-corrected chi connectivity index (χ4v) is 3.14. The summed E-state index contributed by atoms with van der Waals surface area (Å²) < 4.78 is 1.88. The Bertz CT molecular complexity index is 822. The van der Waals surface area contributed by atoms with E-state index in [1.54, 1.807) is 6.20 Å². The Morgan fingerprint density at radius 2 is 2.08 bits per heavy atom. The van der Waals surface area contributed by atoms with Crippen LogP contribution in [0.15, 0.2) is 49.3 Å². The summed E-state index contributed by atoms with van der Waals surface area (Å²) in [5.74, 6) is -0.481. The molecule has 1 atom stereocenters. The van der Waals surface area contributed by atoms with Gasteiger partial charge in [-0.05, 0) is 30.0 Å². The Morgan fingerprint density at radius 3 is 2.83 bits per heavy atom. The van der Waals surface area contributed by atoms with Crippen molar-refractivity contribution >= 4 is 17.5 Å². The highest BCUT2D eigenvalue weighted by atomic mass is 16.2. The Kier molecular flexibility index (Phi) is 3.45. The molecule has 2 heterocycles. The molecule has 1 fully saturated rings. The molecule has 2 aliphatic rings. The zero-order valence-electron chi connectivity index (χ0n) is 13.2. The van der Waals surface area contributed by atoms with Gasteiger partial charge in [-0.3, -0.25) is 14.3 Å². The Morgan fingerprint density at radius 1 is 1.29 bits per heavy atom. The van der Waals surface area contributed by atoms with E-state index in [0.717, 1.165) is 24.0 Å². The van der Waals surface area contributed by atoms with Crippen LogP contribution >= 0.6 is 0 Å². The monoisotopic (exact) mass is 322 g/mol. The molecule has 1 aromatic carbocycles. The van der Waals surface area contributed by atoms with E-state index >= 15 is 0 Å². The van der Waals surface area contributed by atoms with Gasteiger partial charge in [-0.25, -0.2) is 0 Å². The number of nitrogens with zero attached hydrogens (tertiary/aromatic N) is 3. The van der Waals surface area contributed by atoms with Gasteiger partial charge in [0.05, 0.1) is 17.9 Å². The molecule has 2 aromatic rings. The lowest BCUT2D eigenvalue weighted by molar-refractivity contribution is -0.134. The quantitative estimate of drug-likeness (QED) is 0.879. The van der Waals surface area contributed by atoms with E-state index in [0.29, 0.717) is 18.3 Å². The summed E-state index contributed by atoms with van der Waals surface area (Å²) in [5.41, 5.74) is 2.50. The highest BCUT2D eigenvalue weighted by molar-refractivity contribution is 6.00. The van der Waals surface area contributed by atoms with Crippen molar-refractivity contribution < 1.29 is 9.59 Å². The summed E-state index contributed by atoms with van der Waals surface area (Å²) in [6.45, 7) is 3.96. The third-order valence-corrected chi connectivity index (χ3v) is 4.50. The van der Waals surface area contributed by atoms with Crippen molar-refractivity contribution in [3.05, 3.63) is 60.4 Å². The first-order chi connectivity index (χ1) is 11.7. The van der Waals surface area contributed by atoms with Gasteiger partial charge in [-0.1, -0.05) is 30.8 Å². The number of carbonyl (C=O) groups is 2. The van der Waals surface area contributed by atoms with Crippen LogP contribution in [0, 0.1) is 0 Å². The minimum atomic E-state index is -0.643. The molecule has 1 N–H and O–H groups in total. The fraction of sp³-hybridized carbons (Fsp3) is 0.278. The number of hydrogen-bond acceptors (Lipinski definition) is 3. The number of carbonyl (C=O) groups excluding carboxylic acids is 2. The molecule has 0 saturated heterocycles. The van der Waals surface area contributed by atoms with Crippen molar-refractivity contribution in [3.63, 3.8) is 0 Å². The van der Waals surface area contributed by atoms with Crippen LogP contribution in [-0.2, 0) is 16.1 Å². The van der Waals surface area contributed by atoms with E-state index in [9.17, 15) is 9.59 Å². The topological polar surface area (TPSA) is 67.2 Å². The third-order valence-electron chi connectivity index (χ3n) is 4.50. The number of aromatic nitrogens is 2. The van der Waals surface area contributed by atoms with Gasteiger partial charge < -0.3 is 10.2 Å². The molecule has 122 valence electrons. The van der Waals surface area contributed by atoms with E-state index in [1.807, 2.05) is 35.1 Å². The summed E-state index contributed by atoms with van der Waals surface area (Å²) >= 11 is 0. The smallest absolute Gasteiger partial charge is 0.251 e. The largest absolute Gasteiger partial charge is 0.321 e. The first kappa shape index (κ1) is 14.7. The standard InChI is InChI=1S/C18H18N4O2/c1-2-16(23)21-10-12-5-3-4-6-15(12)17(21)18(24)20-13-9-19-22(11-13)14-7-8-14/h2-6,9,11,14,17H,1,7-8,10H2,(H,20,24). The predicted molar refractivity (Wildman–Crippen MR) is 89.1 cm³/mol. The molecule has 1 aliphatic carbocycles. The minimum Gasteiger partial charge on any atom is -0.321 e. The summed E-state index contributed by atoms with van der Waals surface area (Å²) in [6, 6.07) is 7.44. The van der Waals surface area contributed by atoms with Crippen LogP contribution < -0.4 is 5.32 Å². The Labute approximate surface area is 139 Å². The maximum Gasteiger partial charge on any atom is 0.251 e. The summed E-state index contributed by atoms with van der Waals surface area (Å²) in [5, 5.41) is 7.16. The lowest BCUT2D eigenvalue weighted by atomic mass is 10.0. The molecule has 6 nitrogen and oxygen atoms in total. The number of anilines is 1. The number of fused-ring (bicyclic) bond motifs is 1. The van der Waals surface area contributed by atoms with Crippen molar-refractivity contribution in [2.45, 2.75) is 31.5 Å². The van der Waals surface area contributed by atoms with Crippen molar-refractivity contribution in [3.8, 4) is 0 Å². The molecule has 0 radical (unpaired) electrons. The van der Waals surface area contributed by atoms with Gasteiger partial charge in [0.25, 0.3) is 5.91 Å². The second-order valence-electron chi connectivity index (χ2n) is 6.20. The highest BCUT2D eigenvalue weighted by Crippen LogP contribution is 2.36. The van der Waals surface area contributed by atoms with Gasteiger partial charge in [-0.15, -0.1) is 0 Å². The molecule has 6 heteroatoms. The maximum absolute atomic E-state index is 12.8. The molecule has 0 spiro atoms. The lowest BCUT2D eigenvalue weighted by Gasteiger charge is -2.23. The van der Waals surface area contributed by atoms with Gasteiger partial charge in [0.1, 0.15) is 6.04 Å². The molecule has 1 aromatic heterocycles. The normalized spacial score (nSPS) is 19.0. The van der Waals surface area contributed by atoms with Gasteiger partial charge in [0, 0.05) is 12.7 Å². The minimum absolute atomic E-state index is 0.231. The third kappa shape index (κ3) is 2.50. The summed E-state index contributed by atoms with van der Waals surface area (Å²) in [7, 11) is 0. The van der Waals surface area contributed by atoms with Gasteiger partial charge in [0.15, 0.2) is 0 Å². The van der Waals surface area contributed by atoms with Gasteiger partial charge >= 0.3 is 0 Å². The van der Waals surface area contributed by atoms with Crippen molar-refractivity contribution in [2.75, 3.05) is 5.32 Å². The summed E-state index contributed by atoms with van der Waals surface area (Å²) in [6.07, 6.45) is 7.00. The second kappa shape index (κ2) is 5.63. The summed E-state index contributed by atoms with van der Waals surface area (Å²) in [4.78, 5) is 26.5. The maximum atomic E-state index is 12.8. The highest BCUT2D eigenvalue weighted by Gasteiger charge is 2.37. The van der Waals surface area contributed by atoms with Crippen LogP contribution in [0.2, 0.25) is 0 Å². The number of hydrogen-bond donors (Lipinski definition) is 1. The van der Waals surface area contributed by atoms with E-state index in [2.05, 4.69) is 17.0 Å². The van der Waals surface area contributed by atoms with Crippen molar-refractivity contribution in [1.82, 2.24) is 14.7 Å². The molecule has 0 bridgehead atoms. The second-order valence-corrected chi connectivity index (χ2v) is 6.20. The number of nitrogens with one attached hydrogen (secondary N) is 1. The lowest BCUT2D eigenvalue weighted by Crippen LogP contribution is -2.35. The molecule has 2 amide bonds. The SMILES string of the molecule is C=CC(=O)N1Cc2ccccc2C1C(=O)Nc1cnn(C2CC2)c1. The zero-order chi connectivity index (χ0) is 16.7. The van der Waals surface area contributed by atoms with E-state index in [4.69, 9.17) is 0 Å². The average Bonchev–Trinajstić information content (AvgIpc) is 3.21. The first-order valence-electron chi connectivity index (χ1n) is 8.03. The van der Waals surface area contributed by atoms with E-state index in [-0.39, 0.29) is 11.8 Å². The molecular weight excluding hydrogens is 304 g/mol. The van der Waals surface area contributed by atoms with Crippen molar-refractivity contribution in [1.29, 1.82) is 0 Å². The number of benzene rings is 1. The predicted octanol–water partition coefficient (Wildman–Crippen LogP) is 2.43. The van der Waals surface area contributed by atoms with Crippen molar-refractivity contribution in [2.24, 2.45) is 0 Å². The fourth-order valence-electron chi connectivity index (χ4n) is 3.14. The van der Waals surface area contributed by atoms with Crippen LogP contribution in [0.5, 0.6) is 0 Å². The molecule has 1 aliphatic heterocycles. The van der Waals surface area contributed by atoms with Crippen LogP contribution in [-0.4, -0.2) is 26.5 Å². The molecule has 1 saturated carbocycles. The van der Waals surface area contributed by atoms with Crippen LogP contribution in [0.3, 0.4) is 0 Å². The Balaban J connectivity index is 1.59. The zero-order valence-corrected chi connectivity index (χ0v) is 13.2. The van der Waals surface area contributed by atoms with E-state index in [1.165, 1.54) is 11.0 Å². The van der Waals surface area contributed by atoms with Gasteiger partial charge in [-0.2, -0.15) is 5.10 Å². The molecular formula is C18H18N4O2. The van der Waals surface area contributed by atoms with Crippen LogP contribution in [0.1, 0.15) is 36.1 Å². The van der Waals surface area contributed by atoms with E-state index < -0.39 is 6.04 Å². The molecule has 1 unspecified atom stereocenters. The Hall–Kier alpha value is -2.89. The molecule has 24 heavy (non-hydrogen) atoms. The van der Waals surface area contributed by atoms with Crippen LogP contribution in [0.25, 0.3) is 0 Å². The molecule has 4 rings (SSSR count). The number of rotatable bonds is 4. The number of amides is 2. The first-order valence-corrected chi connectivity index (χ1v) is 8.03.